The number of anilines is 1. The molecule has 2 heterocycles. The number of nitrogens with zero attached hydrogens (tertiary/aromatic N) is 3. The van der Waals surface area contributed by atoms with E-state index < -0.39 is 5.41 Å². The van der Waals surface area contributed by atoms with Crippen LogP contribution < -0.4 is 25.2 Å². The lowest BCUT2D eigenvalue weighted by atomic mass is 9.97. The van der Waals surface area contributed by atoms with E-state index in [0.717, 1.165) is 42.9 Å². The van der Waals surface area contributed by atoms with Gasteiger partial charge >= 0.3 is 11.5 Å². The second-order valence-electron chi connectivity index (χ2n) is 10.9. The Morgan fingerprint density at radius 1 is 0.850 bits per heavy atom. The van der Waals surface area contributed by atoms with Crippen LogP contribution >= 0.6 is 0 Å². The van der Waals surface area contributed by atoms with Gasteiger partial charge in [-0.1, -0.05) is 42.0 Å². The molecule has 0 bridgehead atoms. The Kier molecular flexibility index (Phi) is 7.71. The molecule has 0 unspecified atom stereocenters. The smallest absolute Gasteiger partial charge is 0.316 e. The van der Waals surface area contributed by atoms with Crippen LogP contribution in [0.1, 0.15) is 26.3 Å². The van der Waals surface area contributed by atoms with Crippen LogP contribution in [0.25, 0.3) is 16.8 Å². The molecule has 8 heteroatoms. The number of piperazine rings is 1. The van der Waals surface area contributed by atoms with Crippen LogP contribution in [0.5, 0.6) is 17.2 Å². The van der Waals surface area contributed by atoms with Crippen molar-refractivity contribution in [1.82, 2.24) is 15.1 Å². The molecule has 1 aliphatic heterocycles. The van der Waals surface area contributed by atoms with E-state index >= 15 is 0 Å². The van der Waals surface area contributed by atoms with Crippen molar-refractivity contribution in [2.75, 3.05) is 31.1 Å². The number of aromatic nitrogens is 2. The van der Waals surface area contributed by atoms with Gasteiger partial charge in [0.15, 0.2) is 0 Å². The summed E-state index contributed by atoms with van der Waals surface area (Å²) in [5.41, 5.74) is 3.51. The number of benzene rings is 3. The van der Waals surface area contributed by atoms with E-state index in [1.54, 1.807) is 18.3 Å². The predicted molar refractivity (Wildman–Crippen MR) is 157 cm³/mol. The molecule has 40 heavy (non-hydrogen) atoms. The minimum absolute atomic E-state index is 0.246. The molecule has 8 nitrogen and oxygen atoms in total. The zero-order valence-corrected chi connectivity index (χ0v) is 23.3. The molecule has 0 radical (unpaired) electrons. The van der Waals surface area contributed by atoms with Crippen LogP contribution in [0.2, 0.25) is 0 Å². The van der Waals surface area contributed by atoms with Crippen molar-refractivity contribution in [3.63, 3.8) is 0 Å². The molecular weight excluding hydrogens is 504 g/mol. The third-order valence-electron chi connectivity index (χ3n) is 6.74. The topological polar surface area (TPSA) is 85.7 Å². The number of ether oxygens (including phenoxy) is 2. The first kappa shape index (κ1) is 27.1. The second-order valence-corrected chi connectivity index (χ2v) is 10.9. The van der Waals surface area contributed by atoms with Gasteiger partial charge < -0.3 is 19.7 Å². The zero-order valence-electron chi connectivity index (χ0n) is 23.3. The average molecular weight is 539 g/mol. The first-order chi connectivity index (χ1) is 19.2. The van der Waals surface area contributed by atoms with Gasteiger partial charge in [-0.2, -0.15) is 9.78 Å². The highest BCUT2D eigenvalue weighted by Gasteiger charge is 2.24. The lowest BCUT2D eigenvalue weighted by molar-refractivity contribution is -0.142. The number of hydrogen-bond donors (Lipinski definition) is 1. The summed E-state index contributed by atoms with van der Waals surface area (Å²) in [6.07, 6.45) is 1.71. The molecule has 5 rings (SSSR count). The number of carbonyl (C=O) groups excluding carboxylic acids is 1. The van der Waals surface area contributed by atoms with Crippen LogP contribution in [-0.4, -0.2) is 41.9 Å². The highest BCUT2D eigenvalue weighted by molar-refractivity contribution is 5.78. The van der Waals surface area contributed by atoms with Crippen molar-refractivity contribution >= 4 is 11.7 Å². The predicted octanol–water partition coefficient (Wildman–Crippen LogP) is 5.36. The molecule has 3 aromatic carbocycles. The molecule has 0 spiro atoms. The van der Waals surface area contributed by atoms with Crippen molar-refractivity contribution in [2.24, 2.45) is 5.41 Å². The van der Waals surface area contributed by atoms with E-state index in [1.807, 2.05) is 88.4 Å². The number of nitrogens with one attached hydrogen (secondary N) is 1. The third kappa shape index (κ3) is 6.07. The molecule has 1 saturated heterocycles. The monoisotopic (exact) mass is 538 g/mol. The largest absolute Gasteiger partial charge is 0.449 e. The van der Waals surface area contributed by atoms with E-state index in [2.05, 4.69) is 15.3 Å². The third-order valence-corrected chi connectivity index (χ3v) is 6.74. The van der Waals surface area contributed by atoms with Crippen molar-refractivity contribution < 1.29 is 14.3 Å². The SMILES string of the molecule is Cc1ccc(-n2ncc(N3CCNCC3)c(Oc3ccc(-c4ccc(OC(=O)C(C)(C)C)cc4)cc3)c2=O)cc1. The Labute approximate surface area is 234 Å². The van der Waals surface area contributed by atoms with Crippen LogP contribution in [-0.2, 0) is 4.79 Å². The molecule has 0 aliphatic carbocycles. The summed E-state index contributed by atoms with van der Waals surface area (Å²) in [6, 6.07) is 22.6. The first-order valence-electron chi connectivity index (χ1n) is 13.4. The molecule has 1 aromatic heterocycles. The van der Waals surface area contributed by atoms with Gasteiger partial charge in [0.25, 0.3) is 0 Å². The van der Waals surface area contributed by atoms with E-state index in [-0.39, 0.29) is 17.3 Å². The minimum atomic E-state index is -0.572. The van der Waals surface area contributed by atoms with Gasteiger partial charge in [-0.25, -0.2) is 0 Å². The number of hydrogen-bond acceptors (Lipinski definition) is 7. The highest BCUT2D eigenvalue weighted by atomic mass is 16.5. The lowest BCUT2D eigenvalue weighted by Gasteiger charge is -2.30. The highest BCUT2D eigenvalue weighted by Crippen LogP contribution is 2.31. The van der Waals surface area contributed by atoms with Gasteiger partial charge in [0.1, 0.15) is 17.2 Å². The van der Waals surface area contributed by atoms with Gasteiger partial charge in [-0.15, -0.1) is 0 Å². The fraction of sp³-hybridized carbons (Fsp3) is 0.281. The van der Waals surface area contributed by atoms with Gasteiger partial charge in [-0.3, -0.25) is 9.59 Å². The Morgan fingerprint density at radius 2 is 1.43 bits per heavy atom. The maximum absolute atomic E-state index is 13.7. The van der Waals surface area contributed by atoms with E-state index in [4.69, 9.17) is 9.47 Å². The maximum atomic E-state index is 13.7. The zero-order chi connectivity index (χ0) is 28.3. The second kappa shape index (κ2) is 11.4. The summed E-state index contributed by atoms with van der Waals surface area (Å²) in [7, 11) is 0. The van der Waals surface area contributed by atoms with Gasteiger partial charge in [-0.05, 0) is 75.2 Å². The van der Waals surface area contributed by atoms with Gasteiger partial charge in [0.2, 0.25) is 5.75 Å². The average Bonchev–Trinajstić information content (AvgIpc) is 2.95. The first-order valence-corrected chi connectivity index (χ1v) is 13.4. The Hall–Kier alpha value is -4.43. The molecular formula is C32H34N4O4. The summed E-state index contributed by atoms with van der Waals surface area (Å²) in [5.74, 6) is 1.02. The van der Waals surface area contributed by atoms with Crippen molar-refractivity contribution in [3.05, 3.63) is 94.9 Å². The van der Waals surface area contributed by atoms with Crippen LogP contribution in [0.15, 0.2) is 83.8 Å². The van der Waals surface area contributed by atoms with Crippen molar-refractivity contribution in [3.8, 4) is 34.1 Å². The number of aryl methyl sites for hydroxylation is 1. The molecule has 1 aliphatic rings. The van der Waals surface area contributed by atoms with E-state index in [1.165, 1.54) is 4.68 Å². The summed E-state index contributed by atoms with van der Waals surface area (Å²) < 4.78 is 13.1. The molecule has 1 N–H and O–H groups in total. The summed E-state index contributed by atoms with van der Waals surface area (Å²) in [5, 5.41) is 7.82. The van der Waals surface area contributed by atoms with Crippen LogP contribution in [0.4, 0.5) is 5.69 Å². The maximum Gasteiger partial charge on any atom is 0.316 e. The normalized spacial score (nSPS) is 13.7. The standard InChI is InChI=1S/C32H34N4O4/c1-22-5-11-25(12-6-22)36-30(37)29(28(21-34-36)35-19-17-33-18-20-35)39-26-13-7-23(8-14-26)24-9-15-27(16-10-24)40-31(38)32(2,3)4/h5-16,21,33H,17-20H2,1-4H3. The summed E-state index contributed by atoms with van der Waals surface area (Å²) in [4.78, 5) is 28.0. The van der Waals surface area contributed by atoms with E-state index in [0.29, 0.717) is 22.9 Å². The summed E-state index contributed by atoms with van der Waals surface area (Å²) >= 11 is 0. The Morgan fingerprint density at radius 3 is 2.00 bits per heavy atom. The molecule has 1 fully saturated rings. The molecule has 4 aromatic rings. The molecule has 0 atom stereocenters. The molecule has 206 valence electrons. The number of esters is 1. The van der Waals surface area contributed by atoms with E-state index in [9.17, 15) is 9.59 Å². The van der Waals surface area contributed by atoms with Crippen molar-refractivity contribution in [2.45, 2.75) is 27.7 Å². The molecule has 0 amide bonds. The summed E-state index contributed by atoms with van der Waals surface area (Å²) in [6.45, 7) is 10.6. The van der Waals surface area contributed by atoms with Crippen molar-refractivity contribution in [1.29, 1.82) is 0 Å². The molecule has 0 saturated carbocycles. The van der Waals surface area contributed by atoms with Crippen LogP contribution in [0, 0.1) is 12.3 Å². The Bertz CT molecular complexity index is 1530. The fourth-order valence-corrected chi connectivity index (χ4v) is 4.33. The number of carbonyl (C=O) groups is 1. The van der Waals surface area contributed by atoms with Gasteiger partial charge in [0.05, 0.1) is 17.3 Å². The van der Waals surface area contributed by atoms with Gasteiger partial charge in [0, 0.05) is 26.2 Å². The van der Waals surface area contributed by atoms with Crippen LogP contribution in [0.3, 0.4) is 0 Å². The Balaban J connectivity index is 1.40. The number of rotatable bonds is 6. The lowest BCUT2D eigenvalue weighted by Crippen LogP contribution is -2.44. The fourth-order valence-electron chi connectivity index (χ4n) is 4.33. The quantitative estimate of drug-likeness (QED) is 0.261. The minimum Gasteiger partial charge on any atom is -0.449 e.